The van der Waals surface area contributed by atoms with Crippen LogP contribution in [0.15, 0.2) is 0 Å². The Morgan fingerprint density at radius 1 is 0.958 bits per heavy atom. The maximum absolute atomic E-state index is 12.1. The van der Waals surface area contributed by atoms with Crippen molar-refractivity contribution in [2.45, 2.75) is 47.1 Å². The van der Waals surface area contributed by atoms with Gasteiger partial charge in [0, 0.05) is 37.5 Å². The van der Waals surface area contributed by atoms with Crippen LogP contribution in [0.25, 0.3) is 0 Å². The molecule has 0 aromatic heterocycles. The van der Waals surface area contributed by atoms with Crippen LogP contribution in [0.4, 0.5) is 0 Å². The van der Waals surface area contributed by atoms with Crippen molar-refractivity contribution in [2.24, 2.45) is 11.8 Å². The third kappa shape index (κ3) is 10.6. The quantitative estimate of drug-likeness (QED) is 0.559. The first-order chi connectivity index (χ1) is 11.2. The van der Waals surface area contributed by atoms with Crippen molar-refractivity contribution in [3.05, 3.63) is 0 Å². The fraction of sp³-hybridized carbons (Fsp3) is 0.889. The molecule has 2 atom stereocenters. The van der Waals surface area contributed by atoms with Crippen molar-refractivity contribution in [2.75, 3.05) is 46.8 Å². The van der Waals surface area contributed by atoms with Gasteiger partial charge in [-0.15, -0.1) is 0 Å². The standard InChI is InChI=1S/C18H38N4O2/c1-8-21(6)12-10-19-18(24)15(4)9-11-22(7)13-16(5)20-17(23)14(2)3/h14-16H,8-13H2,1-7H3,(H,19,24)(H,20,23). The molecule has 0 fully saturated rings. The molecule has 142 valence electrons. The smallest absolute Gasteiger partial charge is 0.222 e. The van der Waals surface area contributed by atoms with E-state index in [2.05, 4.69) is 27.4 Å². The Hall–Kier alpha value is -1.14. The van der Waals surface area contributed by atoms with Crippen molar-refractivity contribution in [3.8, 4) is 0 Å². The minimum atomic E-state index is -0.0000519. The molecule has 0 aliphatic heterocycles. The molecule has 0 saturated heterocycles. The summed E-state index contributed by atoms with van der Waals surface area (Å²) in [6, 6.07) is 0.110. The summed E-state index contributed by atoms with van der Waals surface area (Å²) in [4.78, 5) is 28.1. The molecule has 0 saturated carbocycles. The Balaban J connectivity index is 3.97. The average Bonchev–Trinajstić information content (AvgIpc) is 2.51. The number of likely N-dealkylation sites (N-methyl/N-ethyl adjacent to an activating group) is 2. The Bertz CT molecular complexity index is 374. The summed E-state index contributed by atoms with van der Waals surface area (Å²) in [5, 5.41) is 5.99. The summed E-state index contributed by atoms with van der Waals surface area (Å²) in [5.74, 6) is 0.211. The summed E-state index contributed by atoms with van der Waals surface area (Å²) in [7, 11) is 4.07. The SMILES string of the molecule is CCN(C)CCNC(=O)C(C)CCN(C)CC(C)NC(=O)C(C)C. The first-order valence-corrected chi connectivity index (χ1v) is 9.12. The van der Waals surface area contributed by atoms with Gasteiger partial charge in [0.25, 0.3) is 0 Å². The van der Waals surface area contributed by atoms with Crippen LogP contribution < -0.4 is 10.6 Å². The van der Waals surface area contributed by atoms with Crippen molar-refractivity contribution in [1.82, 2.24) is 20.4 Å². The lowest BCUT2D eigenvalue weighted by Gasteiger charge is -2.24. The van der Waals surface area contributed by atoms with E-state index in [1.54, 1.807) is 0 Å². The number of hydrogen-bond donors (Lipinski definition) is 2. The molecule has 6 heteroatoms. The van der Waals surface area contributed by atoms with E-state index in [1.165, 1.54) is 0 Å². The van der Waals surface area contributed by atoms with Gasteiger partial charge in [-0.3, -0.25) is 9.59 Å². The van der Waals surface area contributed by atoms with Crippen LogP contribution in [-0.4, -0.2) is 74.5 Å². The number of carbonyl (C=O) groups is 2. The number of carbonyl (C=O) groups excluding carboxylic acids is 2. The van der Waals surface area contributed by atoms with Gasteiger partial charge in [-0.2, -0.15) is 0 Å². The molecular weight excluding hydrogens is 304 g/mol. The first kappa shape index (κ1) is 22.9. The maximum Gasteiger partial charge on any atom is 0.222 e. The van der Waals surface area contributed by atoms with E-state index in [-0.39, 0.29) is 29.7 Å². The number of amides is 2. The van der Waals surface area contributed by atoms with Crippen LogP contribution in [0.5, 0.6) is 0 Å². The summed E-state index contributed by atoms with van der Waals surface area (Å²) >= 11 is 0. The number of nitrogens with one attached hydrogen (secondary N) is 2. The lowest BCUT2D eigenvalue weighted by molar-refractivity contribution is -0.125. The van der Waals surface area contributed by atoms with Crippen LogP contribution in [0, 0.1) is 11.8 Å². The molecule has 24 heavy (non-hydrogen) atoms. The monoisotopic (exact) mass is 342 g/mol. The summed E-state index contributed by atoms with van der Waals surface area (Å²) in [6.07, 6.45) is 0.816. The van der Waals surface area contributed by atoms with Crippen molar-refractivity contribution < 1.29 is 9.59 Å². The lowest BCUT2D eigenvalue weighted by atomic mass is 10.1. The summed E-state index contributed by atoms with van der Waals surface area (Å²) in [6.45, 7) is 14.1. The highest BCUT2D eigenvalue weighted by molar-refractivity contribution is 5.78. The van der Waals surface area contributed by atoms with Crippen LogP contribution in [0.3, 0.4) is 0 Å². The molecule has 0 aliphatic carbocycles. The van der Waals surface area contributed by atoms with Crippen molar-refractivity contribution >= 4 is 11.8 Å². The number of rotatable bonds is 12. The molecule has 2 unspecified atom stereocenters. The zero-order chi connectivity index (χ0) is 18.7. The molecule has 0 aliphatic rings. The van der Waals surface area contributed by atoms with Gasteiger partial charge in [-0.1, -0.05) is 27.7 Å². The second-order valence-electron chi connectivity index (χ2n) is 7.20. The molecule has 0 aromatic rings. The minimum absolute atomic E-state index is 0.0000519. The van der Waals surface area contributed by atoms with E-state index < -0.39 is 0 Å². The normalized spacial score (nSPS) is 14.1. The van der Waals surface area contributed by atoms with Gasteiger partial charge < -0.3 is 20.4 Å². The predicted octanol–water partition coefficient (Wildman–Crippen LogP) is 1.17. The third-order valence-corrected chi connectivity index (χ3v) is 4.22. The van der Waals surface area contributed by atoms with E-state index in [4.69, 9.17) is 0 Å². The maximum atomic E-state index is 12.1. The van der Waals surface area contributed by atoms with Gasteiger partial charge in [-0.05, 0) is 40.5 Å². The van der Waals surface area contributed by atoms with E-state index in [0.717, 1.165) is 32.6 Å². The molecule has 0 heterocycles. The zero-order valence-corrected chi connectivity index (χ0v) is 16.7. The molecule has 0 bridgehead atoms. The molecule has 0 spiro atoms. The zero-order valence-electron chi connectivity index (χ0n) is 16.7. The molecule has 2 amide bonds. The van der Waals surface area contributed by atoms with Crippen LogP contribution in [0.2, 0.25) is 0 Å². The van der Waals surface area contributed by atoms with E-state index >= 15 is 0 Å². The Kier molecular flexibility index (Phi) is 11.7. The van der Waals surface area contributed by atoms with E-state index in [9.17, 15) is 9.59 Å². The molecule has 0 radical (unpaired) electrons. The fourth-order valence-electron chi connectivity index (χ4n) is 2.26. The Morgan fingerprint density at radius 2 is 1.58 bits per heavy atom. The largest absolute Gasteiger partial charge is 0.355 e. The van der Waals surface area contributed by atoms with Gasteiger partial charge in [-0.25, -0.2) is 0 Å². The predicted molar refractivity (Wildman–Crippen MR) is 99.9 cm³/mol. The molecule has 0 rings (SSSR count). The van der Waals surface area contributed by atoms with Crippen LogP contribution in [-0.2, 0) is 9.59 Å². The highest BCUT2D eigenvalue weighted by Crippen LogP contribution is 2.04. The Morgan fingerprint density at radius 3 is 2.12 bits per heavy atom. The van der Waals surface area contributed by atoms with Gasteiger partial charge in [0.2, 0.25) is 11.8 Å². The van der Waals surface area contributed by atoms with Gasteiger partial charge in [0.05, 0.1) is 0 Å². The lowest BCUT2D eigenvalue weighted by Crippen LogP contribution is -2.43. The first-order valence-electron chi connectivity index (χ1n) is 9.12. The van der Waals surface area contributed by atoms with Crippen LogP contribution >= 0.6 is 0 Å². The number of nitrogens with zero attached hydrogens (tertiary/aromatic N) is 2. The van der Waals surface area contributed by atoms with Gasteiger partial charge >= 0.3 is 0 Å². The topological polar surface area (TPSA) is 64.7 Å². The Labute approximate surface area is 148 Å². The van der Waals surface area contributed by atoms with Crippen molar-refractivity contribution in [3.63, 3.8) is 0 Å². The van der Waals surface area contributed by atoms with E-state index in [1.807, 2.05) is 41.8 Å². The second-order valence-corrected chi connectivity index (χ2v) is 7.20. The van der Waals surface area contributed by atoms with Crippen LogP contribution in [0.1, 0.15) is 41.0 Å². The van der Waals surface area contributed by atoms with E-state index in [0.29, 0.717) is 6.54 Å². The minimum Gasteiger partial charge on any atom is -0.355 e. The molecular formula is C18H38N4O2. The third-order valence-electron chi connectivity index (χ3n) is 4.22. The highest BCUT2D eigenvalue weighted by Gasteiger charge is 2.15. The summed E-state index contributed by atoms with van der Waals surface area (Å²) < 4.78 is 0. The van der Waals surface area contributed by atoms with Crippen molar-refractivity contribution in [1.29, 1.82) is 0 Å². The molecule has 0 aromatic carbocycles. The number of hydrogen-bond acceptors (Lipinski definition) is 4. The molecule has 2 N–H and O–H groups in total. The average molecular weight is 343 g/mol. The molecule has 6 nitrogen and oxygen atoms in total. The summed E-state index contributed by atoms with van der Waals surface area (Å²) in [5.41, 5.74) is 0. The fourth-order valence-corrected chi connectivity index (χ4v) is 2.26. The second kappa shape index (κ2) is 12.3. The highest BCUT2D eigenvalue weighted by atomic mass is 16.2. The van der Waals surface area contributed by atoms with Gasteiger partial charge in [0.1, 0.15) is 0 Å². The van der Waals surface area contributed by atoms with Gasteiger partial charge in [0.15, 0.2) is 0 Å².